The molecule has 0 bridgehead atoms. The highest BCUT2D eigenvalue weighted by atomic mass is 35.5. The number of hydrogen-bond donors (Lipinski definition) is 3. The Bertz CT molecular complexity index is 761. The molecule has 0 unspecified atom stereocenters. The molecule has 1 aliphatic heterocycles. The topological polar surface area (TPSA) is 85.4 Å². The van der Waals surface area contributed by atoms with Gasteiger partial charge in [-0.3, -0.25) is 4.79 Å². The summed E-state index contributed by atoms with van der Waals surface area (Å²) in [5, 5.41) is 11.8. The number of H-pyrrole nitrogens is 1. The van der Waals surface area contributed by atoms with E-state index in [-0.39, 0.29) is 28.2 Å². The fourth-order valence-electron chi connectivity index (χ4n) is 2.69. The van der Waals surface area contributed by atoms with Crippen molar-refractivity contribution in [3.05, 3.63) is 34.7 Å². The van der Waals surface area contributed by atoms with Crippen molar-refractivity contribution in [2.45, 2.75) is 12.5 Å². The van der Waals surface area contributed by atoms with Crippen LogP contribution in [0.15, 0.2) is 18.2 Å². The highest BCUT2D eigenvalue weighted by Crippen LogP contribution is 2.24. The van der Waals surface area contributed by atoms with Crippen LogP contribution in [0.25, 0.3) is 10.9 Å². The molecule has 8 heteroatoms. The molecular weight excluding hydrogens is 313 g/mol. The van der Waals surface area contributed by atoms with Crippen molar-refractivity contribution in [2.24, 2.45) is 0 Å². The highest BCUT2D eigenvalue weighted by Gasteiger charge is 2.28. The van der Waals surface area contributed by atoms with E-state index in [0.29, 0.717) is 24.9 Å². The van der Waals surface area contributed by atoms with Gasteiger partial charge in [0.15, 0.2) is 0 Å². The van der Waals surface area contributed by atoms with Crippen LogP contribution in [0.4, 0.5) is 9.18 Å². The molecule has 1 saturated heterocycles. The van der Waals surface area contributed by atoms with Crippen molar-refractivity contribution < 1.29 is 19.1 Å². The maximum atomic E-state index is 13.8. The summed E-state index contributed by atoms with van der Waals surface area (Å²) in [5.74, 6) is -0.810. The average Bonchev–Trinajstić information content (AvgIpc) is 3.03. The van der Waals surface area contributed by atoms with Crippen LogP contribution in [0.3, 0.4) is 0 Å². The number of halogens is 2. The van der Waals surface area contributed by atoms with Gasteiger partial charge in [-0.25, -0.2) is 9.18 Å². The molecule has 2 aromatic rings. The van der Waals surface area contributed by atoms with Crippen LogP contribution >= 0.6 is 11.6 Å². The van der Waals surface area contributed by atoms with Gasteiger partial charge in [0.1, 0.15) is 11.5 Å². The number of carbonyl (C=O) groups is 2. The Morgan fingerprint density at radius 2 is 2.18 bits per heavy atom. The fourth-order valence-corrected chi connectivity index (χ4v) is 2.90. The number of carbonyl (C=O) groups excluding carboxylic acids is 1. The average molecular weight is 326 g/mol. The Kier molecular flexibility index (Phi) is 3.66. The molecule has 0 spiro atoms. The summed E-state index contributed by atoms with van der Waals surface area (Å²) < 4.78 is 13.8. The fraction of sp³-hybridized carbons (Fsp3) is 0.286. The maximum Gasteiger partial charge on any atom is 0.404 e. The van der Waals surface area contributed by atoms with Crippen LogP contribution in [0.5, 0.6) is 0 Å². The van der Waals surface area contributed by atoms with Gasteiger partial charge in [-0.15, -0.1) is 0 Å². The standard InChI is InChI=1S/C14H13ClFN3O3/c15-8-3-7-4-11(18-12(7)10(16)5-8)13(20)19-2-1-9(6-19)17-14(21)22/h3-5,9,17-18H,1-2,6H2,(H,21,22)/t9-/m1/s1. The van der Waals surface area contributed by atoms with Crippen LogP contribution in [0.2, 0.25) is 5.02 Å². The van der Waals surface area contributed by atoms with Gasteiger partial charge >= 0.3 is 6.09 Å². The normalized spacial score (nSPS) is 17.9. The molecule has 1 aromatic carbocycles. The summed E-state index contributed by atoms with van der Waals surface area (Å²) in [6.45, 7) is 0.742. The number of amides is 2. The first-order valence-corrected chi connectivity index (χ1v) is 7.08. The molecule has 116 valence electrons. The zero-order chi connectivity index (χ0) is 15.9. The molecule has 3 rings (SSSR count). The SMILES string of the molecule is O=C(O)N[C@@H]1CCN(C(=O)c2cc3cc(Cl)cc(F)c3[nH]2)C1. The van der Waals surface area contributed by atoms with Gasteiger partial charge in [-0.05, 0) is 24.6 Å². The van der Waals surface area contributed by atoms with E-state index < -0.39 is 11.9 Å². The molecule has 1 atom stereocenters. The third-order valence-electron chi connectivity index (χ3n) is 3.68. The zero-order valence-electron chi connectivity index (χ0n) is 11.4. The Hall–Kier alpha value is -2.28. The van der Waals surface area contributed by atoms with Crippen molar-refractivity contribution in [1.82, 2.24) is 15.2 Å². The van der Waals surface area contributed by atoms with E-state index in [2.05, 4.69) is 10.3 Å². The van der Waals surface area contributed by atoms with Gasteiger partial charge in [0, 0.05) is 23.5 Å². The second-order valence-corrected chi connectivity index (χ2v) is 5.66. The minimum absolute atomic E-state index is 0.229. The van der Waals surface area contributed by atoms with Crippen molar-refractivity contribution in [1.29, 1.82) is 0 Å². The zero-order valence-corrected chi connectivity index (χ0v) is 12.2. The number of nitrogens with zero attached hydrogens (tertiary/aromatic N) is 1. The minimum atomic E-state index is -1.11. The van der Waals surface area contributed by atoms with E-state index in [1.807, 2.05) is 0 Å². The molecule has 1 fully saturated rings. The molecule has 0 radical (unpaired) electrons. The first-order chi connectivity index (χ1) is 10.4. The van der Waals surface area contributed by atoms with E-state index in [4.69, 9.17) is 16.7 Å². The third kappa shape index (κ3) is 2.71. The van der Waals surface area contributed by atoms with E-state index >= 15 is 0 Å². The predicted molar refractivity (Wildman–Crippen MR) is 78.7 cm³/mol. The molecule has 3 N–H and O–H groups in total. The molecule has 6 nitrogen and oxygen atoms in total. The number of carboxylic acid groups (broad SMARTS) is 1. The Morgan fingerprint density at radius 1 is 1.41 bits per heavy atom. The summed E-state index contributed by atoms with van der Waals surface area (Å²) in [6, 6.07) is 4.02. The summed E-state index contributed by atoms with van der Waals surface area (Å²) in [5.41, 5.74) is 0.485. The highest BCUT2D eigenvalue weighted by molar-refractivity contribution is 6.31. The largest absolute Gasteiger partial charge is 0.465 e. The molecule has 1 aromatic heterocycles. The van der Waals surface area contributed by atoms with Crippen molar-refractivity contribution in [3.63, 3.8) is 0 Å². The second kappa shape index (κ2) is 5.49. The second-order valence-electron chi connectivity index (χ2n) is 5.22. The van der Waals surface area contributed by atoms with Crippen LogP contribution in [0, 0.1) is 5.82 Å². The molecule has 22 heavy (non-hydrogen) atoms. The predicted octanol–water partition coefficient (Wildman–Crippen LogP) is 2.44. The van der Waals surface area contributed by atoms with Crippen molar-refractivity contribution in [2.75, 3.05) is 13.1 Å². The minimum Gasteiger partial charge on any atom is -0.465 e. The number of aromatic nitrogens is 1. The lowest BCUT2D eigenvalue weighted by atomic mass is 10.2. The summed E-state index contributed by atoms with van der Waals surface area (Å²) in [6.07, 6.45) is -0.556. The number of rotatable bonds is 2. The molecule has 2 heterocycles. The van der Waals surface area contributed by atoms with E-state index in [9.17, 15) is 14.0 Å². The van der Waals surface area contributed by atoms with E-state index in [1.165, 1.54) is 11.0 Å². The summed E-state index contributed by atoms with van der Waals surface area (Å²) >= 11 is 5.79. The molecular formula is C14H13ClFN3O3. The number of fused-ring (bicyclic) bond motifs is 1. The third-order valence-corrected chi connectivity index (χ3v) is 3.90. The Labute approximate surface area is 129 Å². The van der Waals surface area contributed by atoms with Crippen LogP contribution < -0.4 is 5.32 Å². The summed E-state index contributed by atoms with van der Waals surface area (Å²) in [7, 11) is 0. The van der Waals surface area contributed by atoms with Crippen molar-refractivity contribution in [3.8, 4) is 0 Å². The summed E-state index contributed by atoms with van der Waals surface area (Å²) in [4.78, 5) is 27.3. The van der Waals surface area contributed by atoms with Crippen LogP contribution in [-0.4, -0.2) is 46.1 Å². The van der Waals surface area contributed by atoms with Gasteiger partial charge in [-0.1, -0.05) is 11.6 Å². The van der Waals surface area contributed by atoms with Gasteiger partial charge in [0.2, 0.25) is 0 Å². The maximum absolute atomic E-state index is 13.8. The lowest BCUT2D eigenvalue weighted by Crippen LogP contribution is -2.37. The Morgan fingerprint density at radius 3 is 2.91 bits per heavy atom. The molecule has 1 aliphatic rings. The van der Waals surface area contributed by atoms with Gasteiger partial charge in [-0.2, -0.15) is 0 Å². The van der Waals surface area contributed by atoms with E-state index in [1.54, 1.807) is 12.1 Å². The number of aromatic amines is 1. The molecule has 2 amide bonds. The number of benzene rings is 1. The van der Waals surface area contributed by atoms with Gasteiger partial charge in [0.05, 0.1) is 11.6 Å². The molecule has 0 saturated carbocycles. The van der Waals surface area contributed by atoms with Gasteiger partial charge < -0.3 is 20.3 Å². The lowest BCUT2D eigenvalue weighted by molar-refractivity contribution is 0.0783. The smallest absolute Gasteiger partial charge is 0.404 e. The van der Waals surface area contributed by atoms with Crippen molar-refractivity contribution >= 4 is 34.5 Å². The van der Waals surface area contributed by atoms with Crippen LogP contribution in [-0.2, 0) is 0 Å². The number of nitrogens with one attached hydrogen (secondary N) is 2. The number of hydrogen-bond acceptors (Lipinski definition) is 2. The number of likely N-dealkylation sites (tertiary alicyclic amines) is 1. The first-order valence-electron chi connectivity index (χ1n) is 6.70. The monoisotopic (exact) mass is 325 g/mol. The van der Waals surface area contributed by atoms with Gasteiger partial charge in [0.25, 0.3) is 5.91 Å². The molecule has 0 aliphatic carbocycles. The van der Waals surface area contributed by atoms with E-state index in [0.717, 1.165) is 0 Å². The first kappa shape index (κ1) is 14.6. The Balaban J connectivity index is 1.81. The van der Waals surface area contributed by atoms with Crippen LogP contribution in [0.1, 0.15) is 16.9 Å². The quantitative estimate of drug-likeness (QED) is 0.792. The lowest BCUT2D eigenvalue weighted by Gasteiger charge is -2.15.